The summed E-state index contributed by atoms with van der Waals surface area (Å²) in [7, 11) is 1.85. The van der Waals surface area contributed by atoms with Crippen LogP contribution in [-0.4, -0.2) is 41.6 Å². The summed E-state index contributed by atoms with van der Waals surface area (Å²) >= 11 is 0. The van der Waals surface area contributed by atoms with Crippen LogP contribution >= 0.6 is 0 Å². The molecule has 1 atom stereocenters. The molecule has 0 spiro atoms. The Balaban J connectivity index is 2.35. The van der Waals surface area contributed by atoms with Crippen LogP contribution in [0.2, 0.25) is 0 Å². The predicted molar refractivity (Wildman–Crippen MR) is 87.5 cm³/mol. The zero-order valence-electron chi connectivity index (χ0n) is 13.7. The van der Waals surface area contributed by atoms with E-state index in [1.165, 1.54) is 12.7 Å². The maximum atomic E-state index is 11.6. The standard InChI is InChI=1S/C15H25N5O2/c1-4-5-8-18(3)14-13(20(21)22)15(17-11-16-14)19-9-6-7-12(2)10-19/h11-12H,4-10H2,1-3H3. The van der Waals surface area contributed by atoms with Gasteiger partial charge >= 0.3 is 5.69 Å². The third kappa shape index (κ3) is 3.64. The minimum atomic E-state index is -0.341. The molecule has 22 heavy (non-hydrogen) atoms. The number of nitrogens with zero attached hydrogens (tertiary/aromatic N) is 5. The minimum absolute atomic E-state index is 0.0372. The quantitative estimate of drug-likeness (QED) is 0.594. The van der Waals surface area contributed by atoms with Gasteiger partial charge in [-0.3, -0.25) is 10.1 Å². The highest BCUT2D eigenvalue weighted by molar-refractivity contribution is 5.71. The molecule has 0 saturated carbocycles. The van der Waals surface area contributed by atoms with Crippen molar-refractivity contribution < 1.29 is 4.92 Å². The smallest absolute Gasteiger partial charge is 0.353 e. The summed E-state index contributed by atoms with van der Waals surface area (Å²) in [5.41, 5.74) is 0.0372. The zero-order chi connectivity index (χ0) is 16.1. The van der Waals surface area contributed by atoms with Crippen molar-refractivity contribution in [2.24, 2.45) is 5.92 Å². The van der Waals surface area contributed by atoms with Crippen molar-refractivity contribution in [2.75, 3.05) is 36.5 Å². The molecule has 7 heteroatoms. The van der Waals surface area contributed by atoms with Gasteiger partial charge in [-0.1, -0.05) is 20.3 Å². The van der Waals surface area contributed by atoms with Crippen molar-refractivity contribution >= 4 is 17.3 Å². The first-order valence-electron chi connectivity index (χ1n) is 8.00. The van der Waals surface area contributed by atoms with E-state index in [-0.39, 0.29) is 10.6 Å². The van der Waals surface area contributed by atoms with E-state index in [4.69, 9.17) is 0 Å². The first-order chi connectivity index (χ1) is 10.5. The van der Waals surface area contributed by atoms with E-state index in [9.17, 15) is 10.1 Å². The molecule has 1 aliphatic rings. The Labute approximate surface area is 131 Å². The van der Waals surface area contributed by atoms with Crippen molar-refractivity contribution in [1.29, 1.82) is 0 Å². The van der Waals surface area contributed by atoms with Gasteiger partial charge in [0, 0.05) is 26.7 Å². The number of hydrogen-bond donors (Lipinski definition) is 0. The molecule has 0 N–H and O–H groups in total. The molecular weight excluding hydrogens is 282 g/mol. The molecule has 0 aromatic carbocycles. The number of piperidine rings is 1. The van der Waals surface area contributed by atoms with Crippen LogP contribution in [0.4, 0.5) is 17.3 Å². The van der Waals surface area contributed by atoms with Crippen molar-refractivity contribution in [3.63, 3.8) is 0 Å². The van der Waals surface area contributed by atoms with E-state index < -0.39 is 0 Å². The Morgan fingerprint density at radius 1 is 1.50 bits per heavy atom. The second kappa shape index (κ2) is 7.38. The fraction of sp³-hybridized carbons (Fsp3) is 0.733. The number of hydrogen-bond acceptors (Lipinski definition) is 6. The molecule has 1 aromatic rings. The third-order valence-electron chi connectivity index (χ3n) is 4.13. The molecule has 2 rings (SSSR count). The summed E-state index contributed by atoms with van der Waals surface area (Å²) in [6.07, 6.45) is 5.68. The molecule has 0 bridgehead atoms. The van der Waals surface area contributed by atoms with Crippen LogP contribution in [0.1, 0.15) is 39.5 Å². The summed E-state index contributed by atoms with van der Waals surface area (Å²) in [5.74, 6) is 1.41. The fourth-order valence-corrected chi connectivity index (χ4v) is 2.92. The summed E-state index contributed by atoms with van der Waals surface area (Å²) in [6.45, 7) is 6.66. The van der Waals surface area contributed by atoms with Gasteiger partial charge in [0.2, 0.25) is 11.6 Å². The van der Waals surface area contributed by atoms with Crippen LogP contribution in [0, 0.1) is 16.0 Å². The van der Waals surface area contributed by atoms with Gasteiger partial charge in [0.1, 0.15) is 6.33 Å². The highest BCUT2D eigenvalue weighted by atomic mass is 16.6. The van der Waals surface area contributed by atoms with E-state index in [0.717, 1.165) is 38.9 Å². The van der Waals surface area contributed by atoms with Gasteiger partial charge in [-0.15, -0.1) is 0 Å². The molecule has 7 nitrogen and oxygen atoms in total. The lowest BCUT2D eigenvalue weighted by Gasteiger charge is -2.31. The maximum Gasteiger partial charge on any atom is 0.353 e. The number of unbranched alkanes of at least 4 members (excludes halogenated alkanes) is 1. The normalized spacial score (nSPS) is 18.3. The Bertz CT molecular complexity index is 523. The molecule has 1 aromatic heterocycles. The van der Waals surface area contributed by atoms with Crippen LogP contribution in [-0.2, 0) is 0 Å². The summed E-state index contributed by atoms with van der Waals surface area (Å²) < 4.78 is 0. The fourth-order valence-electron chi connectivity index (χ4n) is 2.92. The highest BCUT2D eigenvalue weighted by Crippen LogP contribution is 2.35. The van der Waals surface area contributed by atoms with Crippen LogP contribution in [0.15, 0.2) is 6.33 Å². The first kappa shape index (κ1) is 16.5. The van der Waals surface area contributed by atoms with Crippen LogP contribution in [0.3, 0.4) is 0 Å². The second-order valence-electron chi connectivity index (χ2n) is 6.10. The number of rotatable bonds is 6. The van der Waals surface area contributed by atoms with Gasteiger partial charge < -0.3 is 9.80 Å². The van der Waals surface area contributed by atoms with Gasteiger partial charge in [-0.2, -0.15) is 0 Å². The topological polar surface area (TPSA) is 75.4 Å². The summed E-state index contributed by atoms with van der Waals surface area (Å²) in [4.78, 5) is 23.6. The van der Waals surface area contributed by atoms with Gasteiger partial charge in [-0.05, 0) is 25.2 Å². The van der Waals surface area contributed by atoms with E-state index in [2.05, 4.69) is 23.8 Å². The van der Waals surface area contributed by atoms with Gasteiger partial charge in [0.15, 0.2) is 0 Å². The molecule has 0 aliphatic carbocycles. The Kier molecular flexibility index (Phi) is 5.51. The molecule has 0 amide bonds. The SMILES string of the molecule is CCCCN(C)c1ncnc(N2CCCC(C)C2)c1[N+](=O)[O-]. The molecule has 122 valence electrons. The molecule has 1 aliphatic heterocycles. The molecule has 1 unspecified atom stereocenters. The predicted octanol–water partition coefficient (Wildman–Crippen LogP) is 2.86. The van der Waals surface area contributed by atoms with Crippen molar-refractivity contribution in [3.8, 4) is 0 Å². The lowest BCUT2D eigenvalue weighted by Crippen LogP contribution is -2.35. The van der Waals surface area contributed by atoms with Gasteiger partial charge in [0.25, 0.3) is 0 Å². The first-order valence-corrected chi connectivity index (χ1v) is 8.00. The zero-order valence-corrected chi connectivity index (χ0v) is 13.7. The lowest BCUT2D eigenvalue weighted by atomic mass is 10.0. The van der Waals surface area contributed by atoms with Crippen LogP contribution < -0.4 is 9.80 Å². The lowest BCUT2D eigenvalue weighted by molar-refractivity contribution is -0.383. The average Bonchev–Trinajstić information content (AvgIpc) is 2.51. The number of nitro groups is 1. The van der Waals surface area contributed by atoms with E-state index in [1.807, 2.05) is 16.8 Å². The van der Waals surface area contributed by atoms with Crippen molar-refractivity contribution in [2.45, 2.75) is 39.5 Å². The summed E-state index contributed by atoms with van der Waals surface area (Å²) in [6, 6.07) is 0. The Morgan fingerprint density at radius 3 is 2.91 bits per heavy atom. The highest BCUT2D eigenvalue weighted by Gasteiger charge is 2.30. The van der Waals surface area contributed by atoms with Crippen molar-refractivity contribution in [1.82, 2.24) is 9.97 Å². The Morgan fingerprint density at radius 2 is 2.27 bits per heavy atom. The monoisotopic (exact) mass is 307 g/mol. The third-order valence-corrected chi connectivity index (χ3v) is 4.13. The second-order valence-corrected chi connectivity index (χ2v) is 6.10. The van der Waals surface area contributed by atoms with Gasteiger partial charge in [0.05, 0.1) is 4.92 Å². The summed E-state index contributed by atoms with van der Waals surface area (Å²) in [5, 5.41) is 11.6. The van der Waals surface area contributed by atoms with Crippen molar-refractivity contribution in [3.05, 3.63) is 16.4 Å². The van der Waals surface area contributed by atoms with Crippen LogP contribution in [0.25, 0.3) is 0 Å². The van der Waals surface area contributed by atoms with E-state index in [1.54, 1.807) is 0 Å². The Hall–Kier alpha value is -1.92. The molecule has 2 heterocycles. The van der Waals surface area contributed by atoms with E-state index in [0.29, 0.717) is 17.6 Å². The number of anilines is 2. The van der Waals surface area contributed by atoms with E-state index >= 15 is 0 Å². The van der Waals surface area contributed by atoms with Crippen LogP contribution in [0.5, 0.6) is 0 Å². The number of aromatic nitrogens is 2. The maximum absolute atomic E-state index is 11.6. The largest absolute Gasteiger partial charge is 0.354 e. The average molecular weight is 307 g/mol. The molecule has 0 radical (unpaired) electrons. The molecule has 1 saturated heterocycles. The minimum Gasteiger partial charge on any atom is -0.354 e. The molecular formula is C15H25N5O2. The van der Waals surface area contributed by atoms with Gasteiger partial charge in [-0.25, -0.2) is 9.97 Å². The molecule has 1 fully saturated rings.